The molecule has 5 aromatic carbocycles. The maximum Gasteiger partial charge on any atom is 0.330 e. The van der Waals surface area contributed by atoms with E-state index >= 15 is 14.4 Å². The molecule has 1 fully saturated rings. The number of carbonyl (C=O) groups is 8. The van der Waals surface area contributed by atoms with E-state index in [4.69, 9.17) is 47.9 Å². The largest absolute Gasteiger partial charge is 0.508 e. The summed E-state index contributed by atoms with van der Waals surface area (Å²) in [6, 6.07) is -0.613. The number of halogens is 2. The Hall–Kier alpha value is -9.08. The normalized spacial score (nSPS) is 26.2. The van der Waals surface area contributed by atoms with E-state index in [0.717, 1.165) is 66.7 Å². The highest BCUT2D eigenvalue weighted by molar-refractivity contribution is 6.32. The van der Waals surface area contributed by atoms with Crippen LogP contribution in [0.25, 0.3) is 11.1 Å². The number of carboxylic acids is 1. The smallest absolute Gasteiger partial charge is 0.330 e. The lowest BCUT2D eigenvalue weighted by atomic mass is 9.89. The van der Waals surface area contributed by atoms with Gasteiger partial charge in [-0.05, 0) is 96.2 Å². The first-order valence-electron chi connectivity index (χ1n) is 27.9. The molecule has 1 saturated heterocycles. The summed E-state index contributed by atoms with van der Waals surface area (Å²) in [4.78, 5) is 115. The number of aliphatic hydroxyl groups is 6. The zero-order valence-electron chi connectivity index (χ0n) is 48.0. The molecule has 0 saturated carbocycles. The molecule has 484 valence electrons. The molecule has 19 N–H and O–H groups in total. The summed E-state index contributed by atoms with van der Waals surface area (Å²) in [6.45, 7) is 2.69. The maximum atomic E-state index is 15.8. The number of carboxylic acid groups (broad SMARTS) is 1. The lowest BCUT2D eigenvalue weighted by Crippen LogP contribution is -2.60. The third-order valence-electron chi connectivity index (χ3n) is 15.4. The number of benzene rings is 5. The fraction of sp³-hybridized carbons (Fsp3) is 0.356. The Morgan fingerprint density at radius 3 is 1.84 bits per heavy atom. The van der Waals surface area contributed by atoms with Crippen LogP contribution in [0.1, 0.15) is 84.8 Å². The van der Waals surface area contributed by atoms with E-state index in [2.05, 4.69) is 37.2 Å². The van der Waals surface area contributed by atoms with Crippen LogP contribution in [0, 0.1) is 5.92 Å². The van der Waals surface area contributed by atoms with Crippen LogP contribution in [0.3, 0.4) is 0 Å². The first kappa shape index (κ1) is 66.3. The van der Waals surface area contributed by atoms with E-state index in [1.807, 2.05) is 13.8 Å². The number of phenols is 3. The van der Waals surface area contributed by atoms with Crippen molar-refractivity contribution >= 4 is 70.5 Å². The summed E-state index contributed by atoms with van der Waals surface area (Å²) in [5.41, 5.74) is 2.90. The van der Waals surface area contributed by atoms with E-state index < -0.39 is 207 Å². The van der Waals surface area contributed by atoms with Gasteiger partial charge in [0.15, 0.2) is 17.5 Å². The molecule has 5 aromatic rings. The van der Waals surface area contributed by atoms with E-state index in [-0.39, 0.29) is 45.6 Å². The number of aromatic hydroxyl groups is 3. The molecular weight excluding hydrogens is 1240 g/mol. The highest BCUT2D eigenvalue weighted by atomic mass is 35.5. The van der Waals surface area contributed by atoms with Crippen molar-refractivity contribution in [2.45, 2.75) is 112 Å². The van der Waals surface area contributed by atoms with E-state index in [1.54, 1.807) is 0 Å². The van der Waals surface area contributed by atoms with Crippen molar-refractivity contribution in [2.24, 2.45) is 11.7 Å². The van der Waals surface area contributed by atoms with Crippen molar-refractivity contribution in [3.8, 4) is 57.1 Å². The SMILES string of the molecule is CN[C@H](CC(C)C)C(=O)NC1C(=O)NC(CC(N)=O)C(=O)NC2C(=O)N[C@H]3C(=O)N[C@H](C(=O)NC(C(=O)O)c4cc(O)cc(O)c4-c4cc3ccc4O)[C@H](O)c3ccc(c(Cl)c3)Oc3cc2cc(c3O[C@@H]2O[C@H](CO)C(O)[C@H](O)C2O)Oc2ccc(cc2Cl)C1O. The molecule has 30 nitrogen and oxygen atoms in total. The van der Waals surface area contributed by atoms with Gasteiger partial charge in [-0.25, -0.2) is 4.79 Å². The number of aliphatic carboxylic acids is 1. The molecule has 11 bridgehead atoms. The molecule has 11 rings (SSSR count). The van der Waals surface area contributed by atoms with Crippen molar-refractivity contribution < 1.29 is 108 Å². The number of likely N-dealkylation sites (N-methyl/N-ethyl adjacent to an activating group) is 1. The molecule has 0 aliphatic carbocycles. The minimum Gasteiger partial charge on any atom is -0.508 e. The average Bonchev–Trinajstić information content (AvgIpc) is 0.790. The number of ether oxygens (including phenoxy) is 4. The second-order valence-electron chi connectivity index (χ2n) is 22.2. The second-order valence-corrected chi connectivity index (χ2v) is 23.0. The van der Waals surface area contributed by atoms with Crippen molar-refractivity contribution in [1.82, 2.24) is 37.2 Å². The van der Waals surface area contributed by atoms with Crippen molar-refractivity contribution in [3.05, 3.63) is 117 Å². The molecule has 7 unspecified atom stereocenters. The Labute approximate surface area is 525 Å². The van der Waals surface area contributed by atoms with Crippen molar-refractivity contribution in [3.63, 3.8) is 0 Å². The highest BCUT2D eigenvalue weighted by Crippen LogP contribution is 2.49. The third-order valence-corrected chi connectivity index (χ3v) is 16.0. The van der Waals surface area contributed by atoms with Crippen LogP contribution in [-0.2, 0) is 43.1 Å². The standard InChI is InChI=1S/C59H62Cl2N8O22/c1-20(2)10-30(63-3)52(80)68-44-46(75)22-5-8-34(28(60)12-22)88-36-14-24-15-37(51(36)91-59-50(79)49(78)48(77)38(19-70)90-59)89-35-9-6-23(13-29(35)61)47(76)45-57(85)67-43(58(86)87)27-16-25(71)17-33(73)40(27)26-11-21(4-7-32(26)72)41(54(82)69-45)66-55(83)42(24)65-53(81)31(18-39(62)74)64-56(44)84/h4-9,11-17,20,30-31,38,41-50,59,63,70-73,75-79H,10,18-19H2,1-3H3,(H2,62,74)(H,64,84)(H,65,81)(H,66,83)(H,67,85)(H,68,80)(H,69,82)(H,86,87)/t30-,31?,38-,41-,42?,43?,44?,45+,46?,47-,48?,49+,50?,59+/m1/s1. The number of carbonyl (C=O) groups excluding carboxylic acids is 7. The summed E-state index contributed by atoms with van der Waals surface area (Å²) < 4.78 is 24.8. The minimum absolute atomic E-state index is 0.0825. The maximum absolute atomic E-state index is 15.8. The molecule has 14 atom stereocenters. The number of nitrogens with two attached hydrogens (primary N) is 1. The number of nitrogens with one attached hydrogen (secondary N) is 7. The van der Waals surface area contributed by atoms with Crippen LogP contribution in [-0.4, -0.2) is 167 Å². The summed E-state index contributed by atoms with van der Waals surface area (Å²) in [5.74, 6) is -15.8. The van der Waals surface area contributed by atoms with Gasteiger partial charge in [0.05, 0.1) is 29.1 Å². The molecule has 6 aliphatic rings. The number of primary amides is 1. The highest BCUT2D eigenvalue weighted by Gasteiger charge is 2.47. The van der Waals surface area contributed by atoms with Crippen LogP contribution < -0.4 is 57.2 Å². The molecule has 0 spiro atoms. The van der Waals surface area contributed by atoms with Gasteiger partial charge in [0, 0.05) is 22.8 Å². The molecule has 32 heteroatoms. The Kier molecular flexibility index (Phi) is 19.8. The summed E-state index contributed by atoms with van der Waals surface area (Å²) >= 11 is 13.8. The van der Waals surface area contributed by atoms with Gasteiger partial charge in [0.1, 0.15) is 95.6 Å². The van der Waals surface area contributed by atoms with Gasteiger partial charge in [0.2, 0.25) is 53.4 Å². The first-order chi connectivity index (χ1) is 43.1. The van der Waals surface area contributed by atoms with Crippen LogP contribution in [0.15, 0.2) is 78.9 Å². The quantitative estimate of drug-likeness (QED) is 0.0819. The van der Waals surface area contributed by atoms with Gasteiger partial charge in [-0.3, -0.25) is 33.6 Å². The fourth-order valence-electron chi connectivity index (χ4n) is 10.7. The minimum atomic E-state index is -2.31. The van der Waals surface area contributed by atoms with Gasteiger partial charge >= 0.3 is 5.97 Å². The van der Waals surface area contributed by atoms with Crippen LogP contribution in [0.5, 0.6) is 46.0 Å². The van der Waals surface area contributed by atoms with Crippen LogP contribution in [0.2, 0.25) is 10.0 Å². The topological polar surface area (TPSA) is 486 Å². The summed E-state index contributed by atoms with van der Waals surface area (Å²) in [5, 5.41) is 128. The molecule has 0 aromatic heterocycles. The lowest BCUT2D eigenvalue weighted by molar-refractivity contribution is -0.277. The van der Waals surface area contributed by atoms with E-state index in [9.17, 15) is 75.0 Å². The molecule has 6 aliphatic heterocycles. The Bertz CT molecular complexity index is 3730. The van der Waals surface area contributed by atoms with Gasteiger partial charge in [-0.15, -0.1) is 0 Å². The number of aliphatic hydroxyl groups excluding tert-OH is 6. The predicted octanol–water partition coefficient (Wildman–Crippen LogP) is -0.131. The lowest BCUT2D eigenvalue weighted by Gasteiger charge is -2.39. The molecule has 6 heterocycles. The number of amides is 7. The Morgan fingerprint density at radius 1 is 0.659 bits per heavy atom. The Balaban J connectivity index is 1.32. The van der Waals surface area contributed by atoms with Gasteiger partial charge < -0.3 is 113 Å². The number of phenolic OH excluding ortho intramolecular Hbond substituents is 3. The number of rotatable bonds is 11. The molecule has 91 heavy (non-hydrogen) atoms. The molecular formula is C59H62Cl2N8O22. The second kappa shape index (κ2) is 27.2. The fourth-order valence-corrected chi connectivity index (χ4v) is 11.2. The summed E-state index contributed by atoms with van der Waals surface area (Å²) in [7, 11) is 1.47. The zero-order valence-corrected chi connectivity index (χ0v) is 49.5. The van der Waals surface area contributed by atoms with E-state index in [0.29, 0.717) is 0 Å². The third kappa shape index (κ3) is 14.0. The average molecular weight is 1310 g/mol. The first-order valence-corrected chi connectivity index (χ1v) is 28.7. The van der Waals surface area contributed by atoms with Gasteiger partial charge in [-0.1, -0.05) is 55.2 Å². The number of hydrogen-bond donors (Lipinski definition) is 18. The zero-order chi connectivity index (χ0) is 66.2. The van der Waals surface area contributed by atoms with Gasteiger partial charge in [0.25, 0.3) is 0 Å². The molecule has 0 radical (unpaired) electrons. The van der Waals surface area contributed by atoms with Crippen molar-refractivity contribution in [2.75, 3.05) is 13.7 Å². The predicted molar refractivity (Wildman–Crippen MR) is 313 cm³/mol. The summed E-state index contributed by atoms with van der Waals surface area (Å²) in [6.07, 6.45) is -14.9. The number of fused-ring (bicyclic) bond motifs is 15. The molecule has 7 amide bonds. The van der Waals surface area contributed by atoms with Gasteiger partial charge in [-0.2, -0.15) is 0 Å². The van der Waals surface area contributed by atoms with Crippen molar-refractivity contribution in [1.29, 1.82) is 0 Å². The van der Waals surface area contributed by atoms with Crippen LogP contribution in [0.4, 0.5) is 0 Å². The van der Waals surface area contributed by atoms with Crippen LogP contribution >= 0.6 is 23.2 Å². The number of hydrogen-bond acceptors (Lipinski definition) is 22. The Morgan fingerprint density at radius 2 is 1.25 bits per heavy atom. The van der Waals surface area contributed by atoms with E-state index in [1.165, 1.54) is 19.2 Å². The monoisotopic (exact) mass is 1300 g/mol.